The van der Waals surface area contributed by atoms with E-state index in [1.54, 1.807) is 6.08 Å². The van der Waals surface area contributed by atoms with Crippen molar-refractivity contribution < 1.29 is 5.11 Å². The van der Waals surface area contributed by atoms with Crippen molar-refractivity contribution in [1.29, 1.82) is 0 Å². The van der Waals surface area contributed by atoms with Crippen molar-refractivity contribution in [2.75, 3.05) is 6.54 Å². The molecule has 0 aromatic heterocycles. The third-order valence-electron chi connectivity index (χ3n) is 3.39. The molecular weight excluding hydrogens is 270 g/mol. The van der Waals surface area contributed by atoms with Gasteiger partial charge in [-0.3, -0.25) is 0 Å². The van der Waals surface area contributed by atoms with Crippen LogP contribution in [0.4, 0.5) is 0 Å². The molecule has 0 spiro atoms. The fourth-order valence-corrected chi connectivity index (χ4v) is 2.31. The number of allylic oxidation sites excluding steroid dienone is 1. The summed E-state index contributed by atoms with van der Waals surface area (Å²) in [7, 11) is 0. The van der Waals surface area contributed by atoms with Crippen molar-refractivity contribution in [3.8, 4) is 0 Å². The molecule has 1 unspecified atom stereocenters. The van der Waals surface area contributed by atoms with Gasteiger partial charge in [0.05, 0.1) is 6.10 Å². The third kappa shape index (κ3) is 5.32. The van der Waals surface area contributed by atoms with Gasteiger partial charge in [0, 0.05) is 13.1 Å². The minimum atomic E-state index is -0.557. The highest BCUT2D eigenvalue weighted by Crippen LogP contribution is 2.14. The predicted molar refractivity (Wildman–Crippen MR) is 93.4 cm³/mol. The average Bonchev–Trinajstić information content (AvgIpc) is 2.56. The number of benzene rings is 2. The molecule has 1 atom stereocenters. The van der Waals surface area contributed by atoms with E-state index in [0.717, 1.165) is 17.7 Å². The molecule has 2 heteroatoms. The maximum Gasteiger partial charge on any atom is 0.0908 e. The summed E-state index contributed by atoms with van der Waals surface area (Å²) in [6.45, 7) is 3.44. The first-order valence-corrected chi connectivity index (χ1v) is 7.61. The zero-order valence-electron chi connectivity index (χ0n) is 12.9. The first kappa shape index (κ1) is 16.2. The third-order valence-corrected chi connectivity index (χ3v) is 3.39. The van der Waals surface area contributed by atoms with E-state index >= 15 is 0 Å². The number of aliphatic hydroxyl groups excluding tert-OH is 1. The Morgan fingerprint density at radius 2 is 1.68 bits per heavy atom. The summed E-state index contributed by atoms with van der Waals surface area (Å²) in [6.07, 6.45) is 4.98. The van der Waals surface area contributed by atoms with Crippen molar-refractivity contribution in [3.05, 3.63) is 90.0 Å². The van der Waals surface area contributed by atoms with Crippen molar-refractivity contribution in [1.82, 2.24) is 5.32 Å². The van der Waals surface area contributed by atoms with Crippen LogP contribution >= 0.6 is 0 Å². The van der Waals surface area contributed by atoms with E-state index in [2.05, 4.69) is 29.6 Å². The lowest BCUT2D eigenvalue weighted by Crippen LogP contribution is -2.17. The summed E-state index contributed by atoms with van der Waals surface area (Å²) in [6, 6.07) is 20.5. The maximum absolute atomic E-state index is 10.0. The molecule has 0 aliphatic heterocycles. The highest BCUT2D eigenvalue weighted by atomic mass is 16.3. The molecule has 0 aliphatic carbocycles. The number of rotatable bonds is 7. The van der Waals surface area contributed by atoms with Gasteiger partial charge in [-0.1, -0.05) is 72.8 Å². The Morgan fingerprint density at radius 1 is 1.05 bits per heavy atom. The standard InChI is InChI=1S/C20H23NO/c1-2-9-20(22)14-19(18-12-7-4-8-13-18)16-21-15-17-10-5-3-6-11-17/h2-14,20-22H,15-16H2,1H3/b9-2+,19-14-. The Hall–Kier alpha value is -2.16. The lowest BCUT2D eigenvalue weighted by molar-refractivity contribution is 0.272. The van der Waals surface area contributed by atoms with E-state index in [9.17, 15) is 5.11 Å². The zero-order chi connectivity index (χ0) is 15.6. The molecule has 2 rings (SSSR count). The van der Waals surface area contributed by atoms with Gasteiger partial charge in [-0.25, -0.2) is 0 Å². The highest BCUT2D eigenvalue weighted by molar-refractivity contribution is 5.67. The van der Waals surface area contributed by atoms with Crippen molar-refractivity contribution >= 4 is 5.57 Å². The first-order valence-electron chi connectivity index (χ1n) is 7.61. The van der Waals surface area contributed by atoms with E-state index in [0.29, 0.717) is 6.54 Å². The number of aliphatic hydroxyl groups is 1. The van der Waals surface area contributed by atoms with Gasteiger partial charge in [-0.05, 0) is 29.7 Å². The molecular formula is C20H23NO. The molecule has 2 nitrogen and oxygen atoms in total. The number of hydrogen-bond acceptors (Lipinski definition) is 2. The van der Waals surface area contributed by atoms with Crippen LogP contribution in [-0.4, -0.2) is 17.8 Å². The molecule has 0 amide bonds. The van der Waals surface area contributed by atoms with E-state index in [1.807, 2.05) is 55.5 Å². The summed E-state index contributed by atoms with van der Waals surface area (Å²) in [5.74, 6) is 0. The molecule has 2 aromatic rings. The average molecular weight is 293 g/mol. The SMILES string of the molecule is C/C=C/C(O)/C=C(/CNCc1ccccc1)c1ccccc1. The van der Waals surface area contributed by atoms with Gasteiger partial charge in [0.1, 0.15) is 0 Å². The summed E-state index contributed by atoms with van der Waals surface area (Å²) in [5.41, 5.74) is 3.48. The first-order chi connectivity index (χ1) is 10.8. The van der Waals surface area contributed by atoms with Gasteiger partial charge >= 0.3 is 0 Å². The van der Waals surface area contributed by atoms with E-state index in [-0.39, 0.29) is 0 Å². The molecule has 2 aromatic carbocycles. The van der Waals surface area contributed by atoms with Crippen LogP contribution in [0.3, 0.4) is 0 Å². The molecule has 114 valence electrons. The van der Waals surface area contributed by atoms with Crippen LogP contribution in [0.5, 0.6) is 0 Å². The molecule has 22 heavy (non-hydrogen) atoms. The second-order valence-corrected chi connectivity index (χ2v) is 5.16. The lowest BCUT2D eigenvalue weighted by Gasteiger charge is -2.11. The molecule has 0 aliphatic rings. The summed E-state index contributed by atoms with van der Waals surface area (Å²) >= 11 is 0. The minimum Gasteiger partial charge on any atom is -0.385 e. The van der Waals surface area contributed by atoms with Gasteiger partial charge < -0.3 is 10.4 Å². The summed E-state index contributed by atoms with van der Waals surface area (Å²) in [5, 5.41) is 13.5. The Balaban J connectivity index is 2.05. The van der Waals surface area contributed by atoms with Crippen LogP contribution in [0.2, 0.25) is 0 Å². The fourth-order valence-electron chi connectivity index (χ4n) is 2.31. The summed E-state index contributed by atoms with van der Waals surface area (Å²) in [4.78, 5) is 0. The van der Waals surface area contributed by atoms with Crippen molar-refractivity contribution in [2.45, 2.75) is 19.6 Å². The van der Waals surface area contributed by atoms with E-state index in [4.69, 9.17) is 0 Å². The molecule has 0 saturated heterocycles. The predicted octanol–water partition coefficient (Wildman–Crippen LogP) is 3.80. The van der Waals surface area contributed by atoms with Crippen LogP contribution in [0.25, 0.3) is 5.57 Å². The van der Waals surface area contributed by atoms with E-state index in [1.165, 1.54) is 5.56 Å². The molecule has 2 N–H and O–H groups in total. The van der Waals surface area contributed by atoms with Crippen LogP contribution in [0.15, 0.2) is 78.9 Å². The molecule has 0 fully saturated rings. The van der Waals surface area contributed by atoms with E-state index < -0.39 is 6.10 Å². The number of nitrogens with one attached hydrogen (secondary N) is 1. The molecule has 0 bridgehead atoms. The van der Waals surface area contributed by atoms with Gasteiger partial charge in [0.25, 0.3) is 0 Å². The van der Waals surface area contributed by atoms with Crippen LogP contribution in [0, 0.1) is 0 Å². The molecule has 0 heterocycles. The maximum atomic E-state index is 10.0. The quantitative estimate of drug-likeness (QED) is 0.761. The Labute approximate surface area is 132 Å². The number of hydrogen-bond donors (Lipinski definition) is 2. The van der Waals surface area contributed by atoms with Crippen molar-refractivity contribution in [3.63, 3.8) is 0 Å². The monoisotopic (exact) mass is 293 g/mol. The molecule has 0 radical (unpaired) electrons. The van der Waals surface area contributed by atoms with Crippen LogP contribution in [0.1, 0.15) is 18.1 Å². The smallest absolute Gasteiger partial charge is 0.0908 e. The normalized spacial score (nSPS) is 13.5. The second kappa shape index (κ2) is 8.98. The van der Waals surface area contributed by atoms with Gasteiger partial charge in [-0.2, -0.15) is 0 Å². The zero-order valence-corrected chi connectivity index (χ0v) is 12.9. The summed E-state index contributed by atoms with van der Waals surface area (Å²) < 4.78 is 0. The highest BCUT2D eigenvalue weighted by Gasteiger charge is 2.04. The Kier molecular flexibility index (Phi) is 6.62. The Bertz CT molecular complexity index is 602. The topological polar surface area (TPSA) is 32.3 Å². The molecule has 0 saturated carbocycles. The Morgan fingerprint density at radius 3 is 2.32 bits per heavy atom. The fraction of sp³-hybridized carbons (Fsp3) is 0.200. The van der Waals surface area contributed by atoms with Gasteiger partial charge in [0.15, 0.2) is 0 Å². The van der Waals surface area contributed by atoms with Crippen molar-refractivity contribution in [2.24, 2.45) is 0 Å². The minimum absolute atomic E-state index is 0.557. The van der Waals surface area contributed by atoms with Crippen LogP contribution in [-0.2, 0) is 6.54 Å². The van der Waals surface area contributed by atoms with Crippen LogP contribution < -0.4 is 5.32 Å². The lowest BCUT2D eigenvalue weighted by atomic mass is 10.0. The second-order valence-electron chi connectivity index (χ2n) is 5.16. The van der Waals surface area contributed by atoms with Gasteiger partial charge in [-0.15, -0.1) is 0 Å². The van der Waals surface area contributed by atoms with Gasteiger partial charge in [0.2, 0.25) is 0 Å². The largest absolute Gasteiger partial charge is 0.385 e.